The fourth-order valence-electron chi connectivity index (χ4n) is 3.31. The number of fused-ring (bicyclic) bond motifs is 3. The van der Waals surface area contributed by atoms with Crippen molar-refractivity contribution in [2.45, 2.75) is 0 Å². The third-order valence-corrected chi connectivity index (χ3v) is 4.60. The summed E-state index contributed by atoms with van der Waals surface area (Å²) >= 11 is 0. The molecule has 5 heteroatoms. The Hall–Kier alpha value is -3.86. The summed E-state index contributed by atoms with van der Waals surface area (Å²) in [7, 11) is 0. The van der Waals surface area contributed by atoms with Crippen LogP contribution in [0.15, 0.2) is 78.9 Å². The molecule has 0 saturated carbocycles. The van der Waals surface area contributed by atoms with Crippen LogP contribution in [0.5, 0.6) is 23.0 Å². The molecule has 0 aliphatic carbocycles. The van der Waals surface area contributed by atoms with Gasteiger partial charge in [-0.3, -0.25) is 10.1 Å². The lowest BCUT2D eigenvalue weighted by Crippen LogP contribution is -1.99. The molecule has 130 valence electrons. The number of para-hydroxylation sites is 2. The summed E-state index contributed by atoms with van der Waals surface area (Å²) in [4.78, 5) is 11.3. The molecule has 0 atom stereocenters. The van der Waals surface area contributed by atoms with Crippen molar-refractivity contribution in [3.05, 3.63) is 89.0 Å². The van der Waals surface area contributed by atoms with Crippen LogP contribution < -0.4 is 9.47 Å². The minimum atomic E-state index is -0.353. The lowest BCUT2D eigenvalue weighted by atomic mass is 9.98. The number of nitro benzene ring substituents is 1. The molecule has 5 rings (SSSR count). The molecule has 0 fully saturated rings. The fourth-order valence-corrected chi connectivity index (χ4v) is 3.31. The number of hydrogen-bond acceptors (Lipinski definition) is 4. The molecule has 1 aliphatic rings. The molecule has 5 nitrogen and oxygen atoms in total. The Morgan fingerprint density at radius 1 is 0.667 bits per heavy atom. The zero-order valence-corrected chi connectivity index (χ0v) is 14.1. The van der Waals surface area contributed by atoms with Gasteiger partial charge in [-0.2, -0.15) is 0 Å². The zero-order chi connectivity index (χ0) is 18.4. The van der Waals surface area contributed by atoms with Gasteiger partial charge in [0.15, 0.2) is 23.0 Å². The Morgan fingerprint density at radius 2 is 1.26 bits per heavy atom. The molecule has 0 saturated heterocycles. The minimum Gasteiger partial charge on any atom is -0.450 e. The SMILES string of the molecule is O=[N+]([O-])c1cc2ccccc2cc1-c1ccc2c(c1)Oc1ccccc1O2. The van der Waals surface area contributed by atoms with E-state index in [0.29, 0.717) is 34.1 Å². The molecule has 0 amide bonds. The van der Waals surface area contributed by atoms with Gasteiger partial charge in [-0.05, 0) is 46.7 Å². The highest BCUT2D eigenvalue weighted by molar-refractivity contribution is 5.92. The molecule has 1 aliphatic heterocycles. The van der Waals surface area contributed by atoms with Crippen LogP contribution >= 0.6 is 0 Å². The largest absolute Gasteiger partial charge is 0.450 e. The second-order valence-corrected chi connectivity index (χ2v) is 6.29. The Balaban J connectivity index is 1.66. The van der Waals surface area contributed by atoms with E-state index in [4.69, 9.17) is 9.47 Å². The monoisotopic (exact) mass is 355 g/mol. The maximum absolute atomic E-state index is 11.6. The van der Waals surface area contributed by atoms with Crippen LogP contribution in [0, 0.1) is 10.1 Å². The first-order chi connectivity index (χ1) is 13.2. The molecule has 1 heterocycles. The maximum atomic E-state index is 11.6. The van der Waals surface area contributed by atoms with Gasteiger partial charge < -0.3 is 9.47 Å². The summed E-state index contributed by atoms with van der Waals surface area (Å²) in [6.07, 6.45) is 0. The van der Waals surface area contributed by atoms with E-state index in [-0.39, 0.29) is 10.6 Å². The summed E-state index contributed by atoms with van der Waals surface area (Å²) in [5.41, 5.74) is 1.31. The first-order valence-corrected chi connectivity index (χ1v) is 8.45. The van der Waals surface area contributed by atoms with Crippen LogP contribution in [0.3, 0.4) is 0 Å². The fraction of sp³-hybridized carbons (Fsp3) is 0. The van der Waals surface area contributed by atoms with E-state index in [2.05, 4.69) is 0 Å². The highest BCUT2D eigenvalue weighted by Gasteiger charge is 2.22. The summed E-state index contributed by atoms with van der Waals surface area (Å²) in [5, 5.41) is 13.4. The maximum Gasteiger partial charge on any atom is 0.277 e. The predicted molar refractivity (Wildman–Crippen MR) is 103 cm³/mol. The van der Waals surface area contributed by atoms with Crippen LogP contribution in [0.25, 0.3) is 21.9 Å². The van der Waals surface area contributed by atoms with Crippen LogP contribution in [-0.4, -0.2) is 4.92 Å². The third-order valence-electron chi connectivity index (χ3n) is 4.60. The van der Waals surface area contributed by atoms with E-state index in [1.807, 2.05) is 60.7 Å². The molecular formula is C22H13NO4. The Morgan fingerprint density at radius 3 is 1.96 bits per heavy atom. The Bertz CT molecular complexity index is 1220. The second kappa shape index (κ2) is 5.85. The molecule has 0 unspecified atom stereocenters. The number of rotatable bonds is 2. The summed E-state index contributed by atoms with van der Waals surface area (Å²) in [6.45, 7) is 0. The molecule has 4 aromatic carbocycles. The number of hydrogen-bond donors (Lipinski definition) is 0. The number of nitro groups is 1. The van der Waals surface area contributed by atoms with Crippen molar-refractivity contribution in [3.63, 3.8) is 0 Å². The van der Waals surface area contributed by atoms with Crippen molar-refractivity contribution in [1.29, 1.82) is 0 Å². The van der Waals surface area contributed by atoms with Crippen LogP contribution in [0.2, 0.25) is 0 Å². The van der Waals surface area contributed by atoms with E-state index in [1.165, 1.54) is 0 Å². The van der Waals surface area contributed by atoms with Gasteiger partial charge in [-0.15, -0.1) is 0 Å². The van der Waals surface area contributed by atoms with Crippen LogP contribution in [0.1, 0.15) is 0 Å². The molecule has 0 N–H and O–H groups in total. The van der Waals surface area contributed by atoms with Gasteiger partial charge in [0.05, 0.1) is 10.5 Å². The van der Waals surface area contributed by atoms with Gasteiger partial charge in [0.1, 0.15) is 0 Å². The van der Waals surface area contributed by atoms with Crippen molar-refractivity contribution < 1.29 is 14.4 Å². The Labute approximate surface area is 154 Å². The van der Waals surface area contributed by atoms with Crippen LogP contribution in [-0.2, 0) is 0 Å². The van der Waals surface area contributed by atoms with Crippen molar-refractivity contribution >= 4 is 16.5 Å². The topological polar surface area (TPSA) is 61.6 Å². The number of benzene rings is 4. The summed E-state index contributed by atoms with van der Waals surface area (Å²) in [5.74, 6) is 2.39. The summed E-state index contributed by atoms with van der Waals surface area (Å²) < 4.78 is 11.8. The average Bonchev–Trinajstić information content (AvgIpc) is 2.70. The molecule has 27 heavy (non-hydrogen) atoms. The number of nitrogens with zero attached hydrogens (tertiary/aromatic N) is 1. The molecule has 0 spiro atoms. The van der Waals surface area contributed by atoms with Gasteiger partial charge >= 0.3 is 0 Å². The lowest BCUT2D eigenvalue weighted by Gasteiger charge is -2.21. The molecular weight excluding hydrogens is 342 g/mol. The Kier molecular flexibility index (Phi) is 3.33. The van der Waals surface area contributed by atoms with Crippen molar-refractivity contribution in [3.8, 4) is 34.1 Å². The molecule has 0 radical (unpaired) electrons. The molecule has 0 aromatic heterocycles. The van der Waals surface area contributed by atoms with Crippen LogP contribution in [0.4, 0.5) is 5.69 Å². The smallest absolute Gasteiger partial charge is 0.277 e. The quantitative estimate of drug-likeness (QED) is 0.275. The lowest BCUT2D eigenvalue weighted by molar-refractivity contribution is -0.384. The normalized spacial score (nSPS) is 11.9. The first-order valence-electron chi connectivity index (χ1n) is 8.45. The highest BCUT2D eigenvalue weighted by atomic mass is 16.6. The number of ether oxygens (including phenoxy) is 2. The van der Waals surface area contributed by atoms with E-state index in [0.717, 1.165) is 10.8 Å². The van der Waals surface area contributed by atoms with Gasteiger partial charge in [0.2, 0.25) is 0 Å². The van der Waals surface area contributed by atoms with E-state index < -0.39 is 0 Å². The van der Waals surface area contributed by atoms with Crippen molar-refractivity contribution in [2.24, 2.45) is 0 Å². The van der Waals surface area contributed by atoms with Gasteiger partial charge in [-0.1, -0.05) is 42.5 Å². The van der Waals surface area contributed by atoms with E-state index in [1.54, 1.807) is 18.2 Å². The standard InChI is InChI=1S/C22H13NO4/c24-23(25)18-12-15-6-2-1-5-14(15)11-17(18)16-9-10-21-22(13-16)27-20-8-4-3-7-19(20)26-21/h1-13H. The van der Waals surface area contributed by atoms with Crippen molar-refractivity contribution in [1.82, 2.24) is 0 Å². The van der Waals surface area contributed by atoms with Crippen molar-refractivity contribution in [2.75, 3.05) is 0 Å². The first kappa shape index (κ1) is 15.4. The minimum absolute atomic E-state index is 0.0609. The van der Waals surface area contributed by atoms with Gasteiger partial charge in [-0.25, -0.2) is 0 Å². The molecule has 4 aromatic rings. The van der Waals surface area contributed by atoms with Gasteiger partial charge in [0, 0.05) is 6.07 Å². The van der Waals surface area contributed by atoms with Gasteiger partial charge in [0.25, 0.3) is 5.69 Å². The van der Waals surface area contributed by atoms with E-state index in [9.17, 15) is 10.1 Å². The molecule has 0 bridgehead atoms. The summed E-state index contributed by atoms with van der Waals surface area (Å²) in [6, 6.07) is 23.8. The third kappa shape index (κ3) is 2.57. The van der Waals surface area contributed by atoms with E-state index >= 15 is 0 Å². The zero-order valence-electron chi connectivity index (χ0n) is 14.1. The average molecular weight is 355 g/mol. The second-order valence-electron chi connectivity index (χ2n) is 6.29. The highest BCUT2D eigenvalue weighted by Crippen LogP contribution is 2.47. The predicted octanol–water partition coefficient (Wildman–Crippen LogP) is 6.31.